The van der Waals surface area contributed by atoms with Gasteiger partial charge in [-0.1, -0.05) is 0 Å². The van der Waals surface area contributed by atoms with E-state index >= 15 is 0 Å². The maximum absolute atomic E-state index is 11.9. The Kier molecular flexibility index (Phi) is 4.25. The van der Waals surface area contributed by atoms with Crippen molar-refractivity contribution in [1.82, 2.24) is 4.90 Å². The molecule has 5 heteroatoms. The minimum Gasteiger partial charge on any atom is -0.465 e. The van der Waals surface area contributed by atoms with E-state index in [1.807, 2.05) is 6.92 Å². The van der Waals surface area contributed by atoms with Crippen molar-refractivity contribution in [2.24, 2.45) is 5.73 Å². The molecule has 5 nitrogen and oxygen atoms in total. The molecule has 1 heterocycles. The Morgan fingerprint density at radius 2 is 2.39 bits per heavy atom. The monoisotopic (exact) mass is 256 g/mol. The second-order valence-electron chi connectivity index (χ2n) is 5.45. The molecule has 1 aliphatic heterocycles. The molecule has 2 aliphatic rings. The number of ether oxygens (including phenoxy) is 2. The maximum Gasteiger partial charge on any atom is 0.326 e. The summed E-state index contributed by atoms with van der Waals surface area (Å²) in [5, 5.41) is 0. The Morgan fingerprint density at radius 3 is 3.06 bits per heavy atom. The largest absolute Gasteiger partial charge is 0.465 e. The quantitative estimate of drug-likeness (QED) is 0.746. The third-order valence-corrected chi connectivity index (χ3v) is 3.99. The number of carbonyl (C=O) groups excluding carboxylic acids is 1. The van der Waals surface area contributed by atoms with Crippen LogP contribution < -0.4 is 5.73 Å². The summed E-state index contributed by atoms with van der Waals surface area (Å²) in [4.78, 5) is 14.3. The molecule has 0 bridgehead atoms. The predicted molar refractivity (Wildman–Crippen MR) is 68.2 cm³/mol. The Bertz CT molecular complexity index is 311. The van der Waals surface area contributed by atoms with Crippen molar-refractivity contribution in [2.75, 3.05) is 26.3 Å². The molecule has 1 saturated heterocycles. The molecule has 2 rings (SSSR count). The number of hydrogen-bond acceptors (Lipinski definition) is 5. The first-order valence-corrected chi connectivity index (χ1v) is 6.87. The zero-order valence-corrected chi connectivity index (χ0v) is 11.4. The number of carbonyl (C=O) groups is 1. The van der Waals surface area contributed by atoms with E-state index in [4.69, 9.17) is 15.2 Å². The van der Waals surface area contributed by atoms with Crippen molar-refractivity contribution < 1.29 is 14.3 Å². The van der Waals surface area contributed by atoms with Gasteiger partial charge in [-0.15, -0.1) is 0 Å². The van der Waals surface area contributed by atoms with E-state index in [2.05, 4.69) is 11.8 Å². The Balaban J connectivity index is 1.92. The van der Waals surface area contributed by atoms with Crippen LogP contribution in [0.5, 0.6) is 0 Å². The fraction of sp³-hybridized carbons (Fsp3) is 0.923. The molecule has 0 amide bonds. The third kappa shape index (κ3) is 2.84. The molecule has 2 N–H and O–H groups in total. The molecule has 0 aromatic heterocycles. The van der Waals surface area contributed by atoms with Gasteiger partial charge in [0.25, 0.3) is 0 Å². The van der Waals surface area contributed by atoms with E-state index in [9.17, 15) is 4.79 Å². The smallest absolute Gasteiger partial charge is 0.326 e. The van der Waals surface area contributed by atoms with Crippen LogP contribution in [0.3, 0.4) is 0 Å². The highest BCUT2D eigenvalue weighted by Crippen LogP contribution is 2.33. The molecule has 2 fully saturated rings. The molecular formula is C13H24N2O3. The first-order chi connectivity index (χ1) is 8.55. The number of nitrogens with zero attached hydrogens (tertiary/aromatic N) is 1. The summed E-state index contributed by atoms with van der Waals surface area (Å²) >= 11 is 0. The van der Waals surface area contributed by atoms with Crippen LogP contribution in [0, 0.1) is 0 Å². The number of esters is 1. The highest BCUT2D eigenvalue weighted by molar-refractivity contribution is 5.81. The summed E-state index contributed by atoms with van der Waals surface area (Å²) in [5.74, 6) is -0.242. The fourth-order valence-electron chi connectivity index (χ4n) is 3.00. The van der Waals surface area contributed by atoms with E-state index < -0.39 is 5.54 Å². The fourth-order valence-corrected chi connectivity index (χ4v) is 3.00. The molecule has 18 heavy (non-hydrogen) atoms. The second-order valence-corrected chi connectivity index (χ2v) is 5.45. The minimum atomic E-state index is -0.776. The zero-order chi connectivity index (χ0) is 13.2. The standard InChI is InChI=1S/C13H24N2O3/c1-3-17-12(16)13(14)5-4-11(8-13)15-6-7-18-10(2)9-15/h10-11H,3-9,14H2,1-2H3. The van der Waals surface area contributed by atoms with Crippen LogP contribution in [0.4, 0.5) is 0 Å². The lowest BCUT2D eigenvalue weighted by molar-refractivity contribution is -0.149. The molecule has 3 unspecified atom stereocenters. The van der Waals surface area contributed by atoms with Crippen molar-refractivity contribution >= 4 is 5.97 Å². The lowest BCUT2D eigenvalue weighted by Crippen LogP contribution is -2.50. The molecule has 0 spiro atoms. The van der Waals surface area contributed by atoms with Gasteiger partial charge in [0, 0.05) is 19.1 Å². The second kappa shape index (κ2) is 5.55. The molecule has 0 aromatic rings. The molecule has 1 saturated carbocycles. The highest BCUT2D eigenvalue weighted by Gasteiger charge is 2.45. The van der Waals surface area contributed by atoms with Gasteiger partial charge in [-0.2, -0.15) is 0 Å². The van der Waals surface area contributed by atoms with Gasteiger partial charge in [-0.25, -0.2) is 0 Å². The number of rotatable bonds is 3. The van der Waals surface area contributed by atoms with Crippen molar-refractivity contribution in [3.63, 3.8) is 0 Å². The average Bonchev–Trinajstić information content (AvgIpc) is 2.74. The topological polar surface area (TPSA) is 64.8 Å². The summed E-state index contributed by atoms with van der Waals surface area (Å²) < 4.78 is 10.6. The van der Waals surface area contributed by atoms with Gasteiger partial charge in [0.05, 0.1) is 19.3 Å². The van der Waals surface area contributed by atoms with Gasteiger partial charge in [0.1, 0.15) is 5.54 Å². The van der Waals surface area contributed by atoms with E-state index in [0.29, 0.717) is 19.1 Å². The normalized spacial score (nSPS) is 37.7. The molecule has 1 aliphatic carbocycles. The highest BCUT2D eigenvalue weighted by atomic mass is 16.5. The Morgan fingerprint density at radius 1 is 1.61 bits per heavy atom. The molecule has 0 radical (unpaired) electrons. The summed E-state index contributed by atoms with van der Waals surface area (Å²) in [7, 11) is 0. The molecule has 104 valence electrons. The van der Waals surface area contributed by atoms with Crippen LogP contribution in [0.25, 0.3) is 0 Å². The number of nitrogens with two attached hydrogens (primary N) is 1. The summed E-state index contributed by atoms with van der Waals surface area (Å²) in [6.45, 7) is 6.95. The summed E-state index contributed by atoms with van der Waals surface area (Å²) in [6.07, 6.45) is 2.68. The van der Waals surface area contributed by atoms with Crippen molar-refractivity contribution in [1.29, 1.82) is 0 Å². The van der Waals surface area contributed by atoms with Gasteiger partial charge < -0.3 is 15.2 Å². The Labute approximate surface area is 109 Å². The van der Waals surface area contributed by atoms with Crippen LogP contribution in [0.1, 0.15) is 33.1 Å². The first-order valence-electron chi connectivity index (χ1n) is 6.87. The minimum absolute atomic E-state index is 0.242. The van der Waals surface area contributed by atoms with Gasteiger partial charge in [0.2, 0.25) is 0 Å². The van der Waals surface area contributed by atoms with Crippen LogP contribution in [0.15, 0.2) is 0 Å². The lowest BCUT2D eigenvalue weighted by atomic mass is 9.99. The Hall–Kier alpha value is -0.650. The maximum atomic E-state index is 11.9. The van der Waals surface area contributed by atoms with Crippen LogP contribution in [0.2, 0.25) is 0 Å². The van der Waals surface area contributed by atoms with Gasteiger partial charge in [-0.05, 0) is 33.1 Å². The van der Waals surface area contributed by atoms with Crippen LogP contribution >= 0.6 is 0 Å². The van der Waals surface area contributed by atoms with Crippen molar-refractivity contribution in [3.05, 3.63) is 0 Å². The SMILES string of the molecule is CCOC(=O)C1(N)CCC(N2CCOC(C)C2)C1. The van der Waals surface area contributed by atoms with Crippen molar-refractivity contribution in [2.45, 2.75) is 50.8 Å². The van der Waals surface area contributed by atoms with Gasteiger partial charge in [0.15, 0.2) is 0 Å². The molecular weight excluding hydrogens is 232 g/mol. The van der Waals surface area contributed by atoms with E-state index in [-0.39, 0.29) is 12.1 Å². The van der Waals surface area contributed by atoms with Crippen LogP contribution in [-0.2, 0) is 14.3 Å². The third-order valence-electron chi connectivity index (χ3n) is 3.99. The van der Waals surface area contributed by atoms with Gasteiger partial charge >= 0.3 is 5.97 Å². The van der Waals surface area contributed by atoms with Crippen molar-refractivity contribution in [3.8, 4) is 0 Å². The van der Waals surface area contributed by atoms with Gasteiger partial charge in [-0.3, -0.25) is 9.69 Å². The zero-order valence-electron chi connectivity index (χ0n) is 11.4. The molecule has 3 atom stereocenters. The van der Waals surface area contributed by atoms with E-state index in [1.165, 1.54) is 0 Å². The number of morpholine rings is 1. The first kappa shape index (κ1) is 13.8. The molecule has 0 aromatic carbocycles. The van der Waals surface area contributed by atoms with E-state index in [1.54, 1.807) is 0 Å². The average molecular weight is 256 g/mol. The summed E-state index contributed by atoms with van der Waals surface area (Å²) in [5.41, 5.74) is 5.41. The summed E-state index contributed by atoms with van der Waals surface area (Å²) in [6, 6.07) is 0.394. The van der Waals surface area contributed by atoms with Crippen LogP contribution in [-0.4, -0.2) is 54.9 Å². The van der Waals surface area contributed by atoms with E-state index in [0.717, 1.165) is 32.5 Å². The number of hydrogen-bond donors (Lipinski definition) is 1. The lowest BCUT2D eigenvalue weighted by Gasteiger charge is -2.36. The predicted octanol–water partition coefficient (Wildman–Crippen LogP) is 0.520.